The molecular formula is C22H25N3O3S. The van der Waals surface area contributed by atoms with E-state index in [4.69, 9.17) is 14.5 Å². The predicted octanol–water partition coefficient (Wildman–Crippen LogP) is 3.39. The van der Waals surface area contributed by atoms with Gasteiger partial charge >= 0.3 is 0 Å². The van der Waals surface area contributed by atoms with Crippen molar-refractivity contribution in [2.75, 3.05) is 27.3 Å². The Morgan fingerprint density at radius 2 is 2.10 bits per heavy atom. The van der Waals surface area contributed by atoms with Crippen LogP contribution in [0.15, 0.2) is 36.4 Å². The van der Waals surface area contributed by atoms with Crippen molar-refractivity contribution in [3.05, 3.63) is 52.5 Å². The molecule has 1 aliphatic heterocycles. The molecule has 152 valence electrons. The molecule has 1 atom stereocenters. The van der Waals surface area contributed by atoms with Crippen LogP contribution < -0.4 is 20.1 Å². The number of methoxy groups -OCH3 is 2. The highest BCUT2D eigenvalue weighted by Gasteiger charge is 2.22. The fourth-order valence-electron chi connectivity index (χ4n) is 3.77. The largest absolute Gasteiger partial charge is 0.493 e. The smallest absolute Gasteiger partial charge is 0.251 e. The van der Waals surface area contributed by atoms with Crippen molar-refractivity contribution >= 4 is 27.5 Å². The molecule has 29 heavy (non-hydrogen) atoms. The van der Waals surface area contributed by atoms with E-state index in [9.17, 15) is 4.79 Å². The van der Waals surface area contributed by atoms with E-state index in [1.165, 1.54) is 0 Å². The molecule has 0 radical (unpaired) electrons. The molecule has 3 aromatic rings. The lowest BCUT2D eigenvalue weighted by atomic mass is 10.0. The van der Waals surface area contributed by atoms with Crippen LogP contribution in [0, 0.1) is 0 Å². The molecule has 0 saturated carbocycles. The minimum absolute atomic E-state index is 0.101. The summed E-state index contributed by atoms with van der Waals surface area (Å²) in [6, 6.07) is 12.0. The third-order valence-electron chi connectivity index (χ3n) is 5.23. The van der Waals surface area contributed by atoms with E-state index in [1.54, 1.807) is 37.7 Å². The Labute approximate surface area is 174 Å². The third-order valence-corrected chi connectivity index (χ3v) is 6.27. The number of nitrogens with zero attached hydrogens (tertiary/aromatic N) is 1. The van der Waals surface area contributed by atoms with Gasteiger partial charge in [0, 0.05) is 30.1 Å². The van der Waals surface area contributed by atoms with Gasteiger partial charge in [-0.2, -0.15) is 0 Å². The summed E-state index contributed by atoms with van der Waals surface area (Å²) in [6.45, 7) is 1.63. The molecule has 6 nitrogen and oxygen atoms in total. The number of thiazole rings is 1. The van der Waals surface area contributed by atoms with E-state index < -0.39 is 0 Å². The zero-order valence-corrected chi connectivity index (χ0v) is 17.5. The molecule has 1 fully saturated rings. The van der Waals surface area contributed by atoms with Gasteiger partial charge in [-0.3, -0.25) is 4.79 Å². The number of hydrogen-bond acceptors (Lipinski definition) is 6. The maximum atomic E-state index is 13.0. The summed E-state index contributed by atoms with van der Waals surface area (Å²) in [5.41, 5.74) is 2.36. The van der Waals surface area contributed by atoms with Crippen LogP contribution in [0.2, 0.25) is 0 Å². The van der Waals surface area contributed by atoms with E-state index in [0.717, 1.165) is 40.2 Å². The van der Waals surface area contributed by atoms with Gasteiger partial charge in [0.15, 0.2) is 11.5 Å². The van der Waals surface area contributed by atoms with Gasteiger partial charge in [-0.25, -0.2) is 4.98 Å². The summed E-state index contributed by atoms with van der Waals surface area (Å²) >= 11 is 1.63. The monoisotopic (exact) mass is 411 g/mol. The molecule has 1 aliphatic rings. The first kappa shape index (κ1) is 19.7. The van der Waals surface area contributed by atoms with E-state index in [-0.39, 0.29) is 5.91 Å². The van der Waals surface area contributed by atoms with Gasteiger partial charge in [0.2, 0.25) is 0 Å². The third kappa shape index (κ3) is 4.21. The SMILES string of the molecule is COc1ccc(C(=O)NCC2CCCN2)c(Cc2nc3ccccc3s2)c1OC. The van der Waals surface area contributed by atoms with Gasteiger partial charge in [0.25, 0.3) is 5.91 Å². The minimum atomic E-state index is -0.101. The molecule has 7 heteroatoms. The lowest BCUT2D eigenvalue weighted by Crippen LogP contribution is -2.37. The van der Waals surface area contributed by atoms with Crippen LogP contribution >= 0.6 is 11.3 Å². The fourth-order valence-corrected chi connectivity index (χ4v) is 4.75. The van der Waals surface area contributed by atoms with Gasteiger partial charge in [-0.1, -0.05) is 12.1 Å². The maximum absolute atomic E-state index is 13.0. The second-order valence-corrected chi connectivity index (χ2v) is 8.20. The average Bonchev–Trinajstić information content (AvgIpc) is 3.40. The van der Waals surface area contributed by atoms with Crippen LogP contribution in [0.1, 0.15) is 33.8 Å². The lowest BCUT2D eigenvalue weighted by Gasteiger charge is -2.17. The Morgan fingerprint density at radius 3 is 2.83 bits per heavy atom. The average molecular weight is 412 g/mol. The molecule has 1 unspecified atom stereocenters. The van der Waals surface area contributed by atoms with Crippen molar-refractivity contribution in [3.63, 3.8) is 0 Å². The van der Waals surface area contributed by atoms with Gasteiger partial charge in [-0.05, 0) is 43.7 Å². The normalized spacial score (nSPS) is 16.1. The van der Waals surface area contributed by atoms with Crippen molar-refractivity contribution in [1.82, 2.24) is 15.6 Å². The van der Waals surface area contributed by atoms with Crippen molar-refractivity contribution in [2.24, 2.45) is 0 Å². The molecule has 1 saturated heterocycles. The summed E-state index contributed by atoms with van der Waals surface area (Å²) < 4.78 is 12.2. The number of nitrogens with one attached hydrogen (secondary N) is 2. The highest BCUT2D eigenvalue weighted by Crippen LogP contribution is 2.36. The highest BCUT2D eigenvalue weighted by molar-refractivity contribution is 7.18. The molecule has 2 heterocycles. The Morgan fingerprint density at radius 1 is 1.24 bits per heavy atom. The lowest BCUT2D eigenvalue weighted by molar-refractivity contribution is 0.0949. The zero-order valence-electron chi connectivity index (χ0n) is 16.7. The van der Waals surface area contributed by atoms with E-state index in [0.29, 0.717) is 36.1 Å². The molecular weight excluding hydrogens is 386 g/mol. The number of carbonyl (C=O) groups excluding carboxylic acids is 1. The molecule has 1 aromatic heterocycles. The van der Waals surface area contributed by atoms with Crippen molar-refractivity contribution < 1.29 is 14.3 Å². The van der Waals surface area contributed by atoms with Crippen molar-refractivity contribution in [1.29, 1.82) is 0 Å². The number of aromatic nitrogens is 1. The van der Waals surface area contributed by atoms with Gasteiger partial charge in [-0.15, -0.1) is 11.3 Å². The number of ether oxygens (including phenoxy) is 2. The Bertz CT molecular complexity index is 979. The number of fused-ring (bicyclic) bond motifs is 1. The van der Waals surface area contributed by atoms with E-state index >= 15 is 0 Å². The Kier molecular flexibility index (Phi) is 5.97. The number of carbonyl (C=O) groups is 1. The highest BCUT2D eigenvalue weighted by atomic mass is 32.1. The van der Waals surface area contributed by atoms with Crippen LogP contribution in [0.5, 0.6) is 11.5 Å². The van der Waals surface area contributed by atoms with Crippen molar-refractivity contribution in [3.8, 4) is 11.5 Å². The number of rotatable bonds is 7. The number of benzene rings is 2. The van der Waals surface area contributed by atoms with Gasteiger partial charge in [0.1, 0.15) is 0 Å². The molecule has 1 amide bonds. The van der Waals surface area contributed by atoms with Crippen LogP contribution in [0.25, 0.3) is 10.2 Å². The molecule has 0 spiro atoms. The molecule has 2 N–H and O–H groups in total. The first-order chi connectivity index (χ1) is 14.2. The van der Waals surface area contributed by atoms with Crippen LogP contribution in [-0.4, -0.2) is 44.2 Å². The zero-order chi connectivity index (χ0) is 20.2. The summed E-state index contributed by atoms with van der Waals surface area (Å²) in [7, 11) is 3.20. The van der Waals surface area contributed by atoms with E-state index in [2.05, 4.69) is 16.7 Å². The minimum Gasteiger partial charge on any atom is -0.493 e. The number of amides is 1. The van der Waals surface area contributed by atoms with Crippen LogP contribution in [0.4, 0.5) is 0 Å². The molecule has 0 aliphatic carbocycles. The predicted molar refractivity (Wildman–Crippen MR) is 115 cm³/mol. The molecule has 4 rings (SSSR count). The molecule has 0 bridgehead atoms. The van der Waals surface area contributed by atoms with Crippen molar-refractivity contribution in [2.45, 2.75) is 25.3 Å². The van der Waals surface area contributed by atoms with Crippen LogP contribution in [0.3, 0.4) is 0 Å². The maximum Gasteiger partial charge on any atom is 0.251 e. The van der Waals surface area contributed by atoms with Gasteiger partial charge < -0.3 is 20.1 Å². The quantitative estimate of drug-likeness (QED) is 0.624. The first-order valence-corrected chi connectivity index (χ1v) is 10.6. The Balaban J connectivity index is 1.65. The first-order valence-electron chi connectivity index (χ1n) is 9.79. The standard InChI is InChI=1S/C22H25N3O3S/c1-27-18-10-9-15(22(26)24-13-14-6-5-11-23-14)16(21(18)28-2)12-20-25-17-7-3-4-8-19(17)29-20/h3-4,7-10,14,23H,5-6,11-13H2,1-2H3,(H,24,26). The topological polar surface area (TPSA) is 72.5 Å². The number of hydrogen-bond donors (Lipinski definition) is 2. The van der Waals surface area contributed by atoms with Gasteiger partial charge in [0.05, 0.1) is 29.4 Å². The summed E-state index contributed by atoms with van der Waals surface area (Å²) in [4.78, 5) is 17.7. The fraction of sp³-hybridized carbons (Fsp3) is 0.364. The molecule has 2 aromatic carbocycles. The Hall–Kier alpha value is -2.64. The number of para-hydroxylation sites is 1. The summed E-state index contributed by atoms with van der Waals surface area (Å²) in [5.74, 6) is 1.09. The summed E-state index contributed by atoms with van der Waals surface area (Å²) in [6.07, 6.45) is 2.74. The summed E-state index contributed by atoms with van der Waals surface area (Å²) in [5, 5.41) is 7.41. The second-order valence-electron chi connectivity index (χ2n) is 7.08. The second kappa shape index (κ2) is 8.80. The van der Waals surface area contributed by atoms with E-state index in [1.807, 2.05) is 18.2 Å². The van der Waals surface area contributed by atoms with Crippen LogP contribution in [-0.2, 0) is 6.42 Å².